The van der Waals surface area contributed by atoms with Gasteiger partial charge >= 0.3 is 0 Å². The van der Waals surface area contributed by atoms with Crippen molar-refractivity contribution in [1.29, 1.82) is 0 Å². The summed E-state index contributed by atoms with van der Waals surface area (Å²) in [4.78, 5) is 5.24. The number of hydrogen-bond acceptors (Lipinski definition) is 1. The predicted octanol–water partition coefficient (Wildman–Crippen LogP) is 5.26. The molecule has 0 amide bonds. The number of para-hydroxylation sites is 2. The van der Waals surface area contributed by atoms with E-state index in [0.29, 0.717) is 0 Å². The minimum Gasteiger partial charge on any atom is -0.247 e. The molecule has 0 saturated carbocycles. The summed E-state index contributed by atoms with van der Waals surface area (Å²) in [6.07, 6.45) is 17.9. The molecular weight excluding hydrogens is 418 g/mol. The number of rotatable bonds is 10. The molecule has 0 aliphatic carbocycles. The zero-order valence-corrected chi connectivity index (χ0v) is 20.4. The minimum atomic E-state index is 0.826. The van der Waals surface area contributed by atoms with Gasteiger partial charge in [-0.1, -0.05) is 63.1 Å². The predicted molar refractivity (Wildman–Crippen MR) is 137 cm³/mol. The lowest BCUT2D eigenvalue weighted by molar-refractivity contribution is -0.687. The molecule has 34 heavy (non-hydrogen) atoms. The second kappa shape index (κ2) is 10.2. The summed E-state index contributed by atoms with van der Waals surface area (Å²) in [5, 5.41) is 2.40. The molecule has 0 fully saturated rings. The molecule has 5 nitrogen and oxygen atoms in total. The molecule has 174 valence electrons. The first-order valence-electron chi connectivity index (χ1n) is 12.6. The van der Waals surface area contributed by atoms with Gasteiger partial charge in [0.2, 0.25) is 12.7 Å². The van der Waals surface area contributed by atoms with Crippen molar-refractivity contribution in [3.63, 3.8) is 0 Å². The van der Waals surface area contributed by atoms with Crippen LogP contribution in [0.5, 0.6) is 0 Å². The maximum Gasteiger partial charge on any atom is 0.244 e. The number of nitrogens with zero attached hydrogens (tertiary/aromatic N) is 5. The van der Waals surface area contributed by atoms with E-state index in [4.69, 9.17) is 4.98 Å². The van der Waals surface area contributed by atoms with Crippen molar-refractivity contribution in [2.45, 2.75) is 65.7 Å². The van der Waals surface area contributed by atoms with Crippen molar-refractivity contribution in [1.82, 2.24) is 14.1 Å². The molecule has 0 radical (unpaired) electrons. The van der Waals surface area contributed by atoms with Gasteiger partial charge < -0.3 is 0 Å². The molecule has 5 rings (SSSR count). The SMILES string of the molecule is CCCCn1cc[n+](Cc2cccc3cc4cccc(C[n+]5ccn(CCCC)c5)c4nc23)c1. The van der Waals surface area contributed by atoms with Gasteiger partial charge in [-0.3, -0.25) is 0 Å². The molecule has 5 heteroatoms. The number of hydrogen-bond donors (Lipinski definition) is 0. The zero-order valence-electron chi connectivity index (χ0n) is 20.4. The molecule has 3 aromatic heterocycles. The van der Waals surface area contributed by atoms with Crippen molar-refractivity contribution in [2.24, 2.45) is 0 Å². The molecule has 0 bridgehead atoms. The summed E-state index contributed by atoms with van der Waals surface area (Å²) in [6, 6.07) is 15.4. The number of fused-ring (bicyclic) bond motifs is 2. The smallest absolute Gasteiger partial charge is 0.244 e. The largest absolute Gasteiger partial charge is 0.247 e. The Bertz CT molecular complexity index is 1290. The van der Waals surface area contributed by atoms with Crippen molar-refractivity contribution < 1.29 is 9.13 Å². The Morgan fingerprint density at radius 3 is 1.68 bits per heavy atom. The van der Waals surface area contributed by atoms with Crippen molar-refractivity contribution in [2.75, 3.05) is 0 Å². The second-order valence-corrected chi connectivity index (χ2v) is 9.32. The van der Waals surface area contributed by atoms with E-state index in [9.17, 15) is 0 Å². The first kappa shape index (κ1) is 22.3. The molecule has 0 saturated heterocycles. The number of aromatic nitrogens is 5. The fourth-order valence-corrected chi connectivity index (χ4v) is 4.67. The Morgan fingerprint density at radius 1 is 0.706 bits per heavy atom. The van der Waals surface area contributed by atoms with E-state index in [1.165, 1.54) is 47.6 Å². The van der Waals surface area contributed by atoms with E-state index in [0.717, 1.165) is 37.2 Å². The van der Waals surface area contributed by atoms with Crippen LogP contribution in [0.2, 0.25) is 0 Å². The van der Waals surface area contributed by atoms with Crippen molar-refractivity contribution in [3.8, 4) is 0 Å². The molecule has 0 aliphatic rings. The number of imidazole rings is 2. The molecule has 3 heterocycles. The van der Waals surface area contributed by atoms with Crippen LogP contribution < -0.4 is 9.13 Å². The van der Waals surface area contributed by atoms with Crippen LogP contribution in [0, 0.1) is 0 Å². The number of benzene rings is 2. The van der Waals surface area contributed by atoms with E-state index in [-0.39, 0.29) is 0 Å². The quantitative estimate of drug-likeness (QED) is 0.209. The summed E-state index contributed by atoms with van der Waals surface area (Å²) in [5.74, 6) is 0. The lowest BCUT2D eigenvalue weighted by Crippen LogP contribution is -2.32. The van der Waals surface area contributed by atoms with Crippen molar-refractivity contribution in [3.05, 3.63) is 91.0 Å². The van der Waals surface area contributed by atoms with E-state index in [2.05, 4.69) is 112 Å². The summed E-state index contributed by atoms with van der Waals surface area (Å²) in [6.45, 7) is 8.27. The first-order valence-corrected chi connectivity index (χ1v) is 12.6. The molecule has 5 aromatic rings. The monoisotopic (exact) mass is 453 g/mol. The Hall–Kier alpha value is -3.47. The summed E-state index contributed by atoms with van der Waals surface area (Å²) in [5.41, 5.74) is 4.71. The Kier molecular flexibility index (Phi) is 6.70. The van der Waals surface area contributed by atoms with Gasteiger partial charge in [0, 0.05) is 21.9 Å². The summed E-state index contributed by atoms with van der Waals surface area (Å²) < 4.78 is 9.08. The molecule has 0 spiro atoms. The van der Waals surface area contributed by atoms with Gasteiger partial charge in [0.15, 0.2) is 0 Å². The highest BCUT2D eigenvalue weighted by molar-refractivity contribution is 5.95. The van der Waals surface area contributed by atoms with E-state index < -0.39 is 0 Å². The minimum absolute atomic E-state index is 0.826. The molecule has 0 aliphatic heterocycles. The van der Waals surface area contributed by atoms with E-state index >= 15 is 0 Å². The van der Waals surface area contributed by atoms with Crippen LogP contribution in [-0.4, -0.2) is 14.1 Å². The van der Waals surface area contributed by atoms with Gasteiger partial charge in [-0.25, -0.2) is 23.3 Å². The normalized spacial score (nSPS) is 11.6. The van der Waals surface area contributed by atoms with Gasteiger partial charge in [-0.2, -0.15) is 0 Å². The summed E-state index contributed by atoms with van der Waals surface area (Å²) >= 11 is 0. The third kappa shape index (κ3) is 4.89. The van der Waals surface area contributed by atoms with Crippen LogP contribution in [0.3, 0.4) is 0 Å². The van der Waals surface area contributed by atoms with Gasteiger partial charge in [0.1, 0.15) is 37.9 Å². The maximum absolute atomic E-state index is 5.24. The molecule has 2 aromatic carbocycles. The average Bonchev–Trinajstić information content (AvgIpc) is 3.50. The Morgan fingerprint density at radius 2 is 1.21 bits per heavy atom. The molecule has 0 unspecified atom stereocenters. The van der Waals surface area contributed by atoms with Crippen LogP contribution in [-0.2, 0) is 26.2 Å². The van der Waals surface area contributed by atoms with Gasteiger partial charge in [0.05, 0.1) is 24.1 Å². The molecule has 0 atom stereocenters. The third-order valence-corrected chi connectivity index (χ3v) is 6.57. The fraction of sp³-hybridized carbons (Fsp3) is 0.345. The molecule has 0 N–H and O–H groups in total. The van der Waals surface area contributed by atoms with Crippen molar-refractivity contribution >= 4 is 21.8 Å². The van der Waals surface area contributed by atoms with Crippen LogP contribution in [0.4, 0.5) is 0 Å². The lowest BCUT2D eigenvalue weighted by atomic mass is 10.0. The maximum atomic E-state index is 5.24. The Labute approximate surface area is 201 Å². The second-order valence-electron chi connectivity index (χ2n) is 9.32. The topological polar surface area (TPSA) is 30.5 Å². The van der Waals surface area contributed by atoms with E-state index in [1.54, 1.807) is 0 Å². The summed E-state index contributed by atoms with van der Waals surface area (Å²) in [7, 11) is 0. The zero-order chi connectivity index (χ0) is 23.3. The number of pyridine rings is 1. The Balaban J connectivity index is 1.47. The fourth-order valence-electron chi connectivity index (χ4n) is 4.67. The third-order valence-electron chi connectivity index (χ3n) is 6.57. The number of unbranched alkanes of at least 4 members (excludes halogenated alkanes) is 2. The number of aryl methyl sites for hydroxylation is 2. The van der Waals surface area contributed by atoms with Gasteiger partial charge in [-0.05, 0) is 18.9 Å². The van der Waals surface area contributed by atoms with Crippen LogP contribution >= 0.6 is 0 Å². The van der Waals surface area contributed by atoms with Crippen LogP contribution in [0.15, 0.2) is 79.9 Å². The highest BCUT2D eigenvalue weighted by atomic mass is 15.1. The van der Waals surface area contributed by atoms with Gasteiger partial charge in [-0.15, -0.1) is 0 Å². The standard InChI is InChI=1S/C29H35N5/c1-3-5-13-31-15-17-33(22-31)20-26-11-7-9-24-19-25-10-8-12-27(29(25)30-28(24)26)21-34-18-16-32(23-34)14-6-4-2/h7-12,15-19,22-23H,3-6,13-14,20-21H2,1-2H3/q+2. The highest BCUT2D eigenvalue weighted by Gasteiger charge is 2.13. The average molecular weight is 454 g/mol. The molecular formula is C29H35N5+2. The van der Waals surface area contributed by atoms with E-state index in [1.807, 2.05) is 0 Å². The highest BCUT2D eigenvalue weighted by Crippen LogP contribution is 2.25. The van der Waals surface area contributed by atoms with Crippen LogP contribution in [0.25, 0.3) is 21.8 Å². The van der Waals surface area contributed by atoms with Gasteiger partial charge in [0.25, 0.3) is 0 Å². The lowest BCUT2D eigenvalue weighted by Gasteiger charge is -2.09. The van der Waals surface area contributed by atoms with Crippen LogP contribution in [0.1, 0.15) is 50.7 Å². The first-order chi connectivity index (χ1) is 16.7.